The summed E-state index contributed by atoms with van der Waals surface area (Å²) >= 11 is 0. The van der Waals surface area contributed by atoms with Crippen LogP contribution in [0.15, 0.2) is 0 Å². The highest BCUT2D eigenvalue weighted by Gasteiger charge is 2.22. The minimum atomic E-state index is -0.992. The van der Waals surface area contributed by atoms with Gasteiger partial charge in [0, 0.05) is 13.8 Å². The molecule has 0 spiro atoms. The van der Waals surface area contributed by atoms with Crippen molar-refractivity contribution >= 4 is 23.9 Å². The SMILES string of the molecule is CCOC(=O)C[C@H](CC(=O)OC(C)=O)OC(C)=O. The fourth-order valence-electron chi connectivity index (χ4n) is 1.18. The van der Waals surface area contributed by atoms with Crippen LogP contribution in [-0.2, 0) is 33.4 Å². The largest absolute Gasteiger partial charge is 0.466 e. The van der Waals surface area contributed by atoms with Crippen LogP contribution in [0.25, 0.3) is 0 Å². The Balaban J connectivity index is 4.39. The van der Waals surface area contributed by atoms with Gasteiger partial charge in [0.15, 0.2) is 0 Å². The number of hydrogen-bond donors (Lipinski definition) is 0. The van der Waals surface area contributed by atoms with Crippen molar-refractivity contribution in [3.63, 3.8) is 0 Å². The van der Waals surface area contributed by atoms with Crippen molar-refractivity contribution in [2.75, 3.05) is 6.61 Å². The Labute approximate surface area is 104 Å². The molecule has 0 radical (unpaired) electrons. The number of carbonyl (C=O) groups excluding carboxylic acids is 4. The van der Waals surface area contributed by atoms with Gasteiger partial charge in [-0.1, -0.05) is 0 Å². The van der Waals surface area contributed by atoms with E-state index in [1.54, 1.807) is 6.92 Å². The molecule has 0 N–H and O–H groups in total. The van der Waals surface area contributed by atoms with Gasteiger partial charge in [0.05, 0.1) is 19.4 Å². The fraction of sp³-hybridized carbons (Fsp3) is 0.636. The van der Waals surface area contributed by atoms with Crippen LogP contribution in [0.5, 0.6) is 0 Å². The first-order valence-electron chi connectivity index (χ1n) is 5.39. The maximum absolute atomic E-state index is 11.2. The molecule has 0 fully saturated rings. The van der Waals surface area contributed by atoms with Crippen molar-refractivity contribution < 1.29 is 33.4 Å². The summed E-state index contributed by atoms with van der Waals surface area (Å²) in [6, 6.07) is 0. The highest BCUT2D eigenvalue weighted by Crippen LogP contribution is 2.08. The maximum Gasteiger partial charge on any atom is 0.317 e. The molecule has 0 aromatic heterocycles. The molecule has 0 rings (SSSR count). The normalized spacial score (nSPS) is 11.3. The lowest BCUT2D eigenvalue weighted by molar-refractivity contribution is -0.162. The maximum atomic E-state index is 11.2. The predicted octanol–water partition coefficient (Wildman–Crippen LogP) is 0.351. The summed E-state index contributed by atoms with van der Waals surface area (Å²) in [4.78, 5) is 43.7. The molecule has 0 aromatic rings. The summed E-state index contributed by atoms with van der Waals surface area (Å²) < 4.78 is 13.7. The lowest BCUT2D eigenvalue weighted by atomic mass is 10.2. The van der Waals surface area contributed by atoms with Gasteiger partial charge in [-0.25, -0.2) is 0 Å². The lowest BCUT2D eigenvalue weighted by Gasteiger charge is -2.14. The molecule has 0 aliphatic carbocycles. The Morgan fingerprint density at radius 2 is 1.50 bits per heavy atom. The van der Waals surface area contributed by atoms with Crippen LogP contribution in [0, 0.1) is 0 Å². The zero-order valence-electron chi connectivity index (χ0n) is 10.6. The van der Waals surface area contributed by atoms with Crippen molar-refractivity contribution in [1.29, 1.82) is 0 Å². The Morgan fingerprint density at radius 3 is 1.94 bits per heavy atom. The molecular weight excluding hydrogens is 244 g/mol. The van der Waals surface area contributed by atoms with Gasteiger partial charge in [0.2, 0.25) is 0 Å². The quantitative estimate of drug-likeness (QED) is 0.386. The molecule has 0 aliphatic rings. The second kappa shape index (κ2) is 8.21. The summed E-state index contributed by atoms with van der Waals surface area (Å²) in [5, 5.41) is 0. The molecule has 0 unspecified atom stereocenters. The van der Waals surface area contributed by atoms with Crippen LogP contribution < -0.4 is 0 Å². The highest BCUT2D eigenvalue weighted by atomic mass is 16.6. The Kier molecular flexibility index (Phi) is 7.34. The smallest absolute Gasteiger partial charge is 0.317 e. The van der Waals surface area contributed by atoms with Gasteiger partial charge in [-0.05, 0) is 6.92 Å². The summed E-state index contributed by atoms with van der Waals surface area (Å²) in [7, 11) is 0. The van der Waals surface area contributed by atoms with Crippen molar-refractivity contribution in [3.05, 3.63) is 0 Å². The fourth-order valence-corrected chi connectivity index (χ4v) is 1.18. The molecule has 0 aliphatic heterocycles. The molecule has 18 heavy (non-hydrogen) atoms. The van der Waals surface area contributed by atoms with E-state index < -0.39 is 30.0 Å². The van der Waals surface area contributed by atoms with Crippen LogP contribution in [0.2, 0.25) is 0 Å². The molecule has 7 nitrogen and oxygen atoms in total. The number of hydrogen-bond acceptors (Lipinski definition) is 7. The van der Waals surface area contributed by atoms with E-state index in [9.17, 15) is 19.2 Å². The summed E-state index contributed by atoms with van der Waals surface area (Å²) in [5.41, 5.74) is 0. The Morgan fingerprint density at radius 1 is 0.944 bits per heavy atom. The van der Waals surface area contributed by atoms with Gasteiger partial charge in [-0.15, -0.1) is 0 Å². The number of esters is 4. The van der Waals surface area contributed by atoms with Crippen LogP contribution in [-0.4, -0.2) is 36.6 Å². The first-order valence-corrected chi connectivity index (χ1v) is 5.39. The first-order chi connectivity index (χ1) is 8.35. The third-order valence-corrected chi connectivity index (χ3v) is 1.68. The number of carbonyl (C=O) groups is 4. The zero-order valence-corrected chi connectivity index (χ0v) is 10.6. The predicted molar refractivity (Wildman–Crippen MR) is 58.2 cm³/mol. The van der Waals surface area contributed by atoms with Gasteiger partial charge >= 0.3 is 23.9 Å². The average molecular weight is 260 g/mol. The van der Waals surface area contributed by atoms with Crippen molar-refractivity contribution in [3.8, 4) is 0 Å². The molecule has 0 saturated heterocycles. The summed E-state index contributed by atoms with van der Waals surface area (Å²) in [5.74, 6) is -2.87. The summed E-state index contributed by atoms with van der Waals surface area (Å²) in [6.45, 7) is 4.03. The van der Waals surface area contributed by atoms with E-state index in [0.29, 0.717) is 0 Å². The third kappa shape index (κ3) is 8.26. The topological polar surface area (TPSA) is 96.0 Å². The van der Waals surface area contributed by atoms with E-state index >= 15 is 0 Å². The molecule has 102 valence electrons. The molecule has 7 heteroatoms. The van der Waals surface area contributed by atoms with Crippen molar-refractivity contribution in [1.82, 2.24) is 0 Å². The van der Waals surface area contributed by atoms with Crippen molar-refractivity contribution in [2.24, 2.45) is 0 Å². The van der Waals surface area contributed by atoms with E-state index in [0.717, 1.165) is 13.8 Å². The molecule has 0 amide bonds. The standard InChI is InChI=1S/C11H16O7/c1-4-16-10(14)5-9(17-7(2)12)6-11(15)18-8(3)13/h9H,4-6H2,1-3H3/t9-/m1/s1. The van der Waals surface area contributed by atoms with E-state index in [1.165, 1.54) is 0 Å². The monoisotopic (exact) mass is 260 g/mol. The first kappa shape index (κ1) is 16.1. The molecule has 0 saturated carbocycles. The second-order valence-electron chi connectivity index (χ2n) is 3.41. The van der Waals surface area contributed by atoms with E-state index in [1.807, 2.05) is 0 Å². The Bertz CT molecular complexity index is 334. The molecule has 1 atom stereocenters. The van der Waals surface area contributed by atoms with Crippen LogP contribution in [0.1, 0.15) is 33.6 Å². The van der Waals surface area contributed by atoms with Gasteiger partial charge in [-0.3, -0.25) is 19.2 Å². The molecule has 0 aromatic carbocycles. The average Bonchev–Trinajstić information content (AvgIpc) is 2.14. The molecule has 0 bridgehead atoms. The van der Waals surface area contributed by atoms with Crippen LogP contribution in [0.4, 0.5) is 0 Å². The zero-order chi connectivity index (χ0) is 14.1. The van der Waals surface area contributed by atoms with Gasteiger partial charge in [0.1, 0.15) is 6.10 Å². The van der Waals surface area contributed by atoms with Crippen LogP contribution >= 0.6 is 0 Å². The molecule has 0 heterocycles. The van der Waals surface area contributed by atoms with E-state index in [2.05, 4.69) is 9.47 Å². The van der Waals surface area contributed by atoms with E-state index in [4.69, 9.17) is 4.74 Å². The Hall–Kier alpha value is -1.92. The highest BCUT2D eigenvalue weighted by molar-refractivity contribution is 5.85. The molecular formula is C11H16O7. The number of rotatable bonds is 6. The third-order valence-electron chi connectivity index (χ3n) is 1.68. The van der Waals surface area contributed by atoms with Gasteiger partial charge in [0.25, 0.3) is 0 Å². The second-order valence-corrected chi connectivity index (χ2v) is 3.41. The minimum absolute atomic E-state index is 0.184. The van der Waals surface area contributed by atoms with Crippen LogP contribution in [0.3, 0.4) is 0 Å². The van der Waals surface area contributed by atoms with E-state index in [-0.39, 0.29) is 19.4 Å². The lowest BCUT2D eigenvalue weighted by Crippen LogP contribution is -2.26. The van der Waals surface area contributed by atoms with Crippen molar-refractivity contribution in [2.45, 2.75) is 39.7 Å². The number of ether oxygens (including phenoxy) is 3. The van der Waals surface area contributed by atoms with Gasteiger partial charge < -0.3 is 14.2 Å². The minimum Gasteiger partial charge on any atom is -0.466 e. The van der Waals surface area contributed by atoms with Gasteiger partial charge in [-0.2, -0.15) is 0 Å². The summed E-state index contributed by atoms with van der Waals surface area (Å²) in [6.07, 6.45) is -1.63.